The lowest BCUT2D eigenvalue weighted by Gasteiger charge is -2.41. The van der Waals surface area contributed by atoms with Crippen molar-refractivity contribution in [3.63, 3.8) is 0 Å². The summed E-state index contributed by atoms with van der Waals surface area (Å²) in [6.45, 7) is 8.68. The number of hydrogen-bond acceptors (Lipinski definition) is 3. The van der Waals surface area contributed by atoms with Crippen molar-refractivity contribution in [3.05, 3.63) is 65.2 Å². The quantitative estimate of drug-likeness (QED) is 0.546. The van der Waals surface area contributed by atoms with Crippen LogP contribution in [0.3, 0.4) is 0 Å². The fourth-order valence-corrected chi connectivity index (χ4v) is 4.48. The van der Waals surface area contributed by atoms with Crippen LogP contribution >= 0.6 is 0 Å². The molecule has 2 atom stereocenters. The molecule has 0 saturated heterocycles. The van der Waals surface area contributed by atoms with E-state index in [0.717, 1.165) is 67.6 Å². The minimum atomic E-state index is -0.129. The minimum absolute atomic E-state index is 0.0672. The maximum Gasteiger partial charge on any atom is 0.256 e. The molecule has 2 N–H and O–H groups in total. The van der Waals surface area contributed by atoms with Gasteiger partial charge in [0.1, 0.15) is 0 Å². The molecule has 0 fully saturated rings. The van der Waals surface area contributed by atoms with E-state index < -0.39 is 0 Å². The van der Waals surface area contributed by atoms with Crippen LogP contribution in [0.25, 0.3) is 0 Å². The summed E-state index contributed by atoms with van der Waals surface area (Å²) in [6, 6.07) is 15.9. The highest BCUT2D eigenvalue weighted by molar-refractivity contribution is 6.00. The van der Waals surface area contributed by atoms with Crippen molar-refractivity contribution in [2.75, 3.05) is 18.8 Å². The van der Waals surface area contributed by atoms with Gasteiger partial charge in [-0.15, -0.1) is 0 Å². The number of nitrogen functional groups attached to an aromatic ring is 1. The maximum atomic E-state index is 13.6. The Morgan fingerprint density at radius 1 is 0.931 bits per heavy atom. The van der Waals surface area contributed by atoms with Gasteiger partial charge >= 0.3 is 0 Å². The molecule has 0 aromatic heterocycles. The number of nitrogens with two attached hydrogens (primary N) is 1. The first-order valence-electron chi connectivity index (χ1n) is 11.1. The monoisotopic (exact) mass is 393 g/mol. The lowest BCUT2D eigenvalue weighted by Crippen LogP contribution is -2.50. The smallest absolute Gasteiger partial charge is 0.256 e. The van der Waals surface area contributed by atoms with Crippen LogP contribution < -0.4 is 5.73 Å². The van der Waals surface area contributed by atoms with Crippen LogP contribution in [0, 0.1) is 0 Å². The van der Waals surface area contributed by atoms with E-state index in [9.17, 15) is 4.79 Å². The second-order valence-electron chi connectivity index (χ2n) is 7.96. The number of rotatable bonds is 10. The lowest BCUT2D eigenvalue weighted by molar-refractivity contribution is 0.0216. The maximum absolute atomic E-state index is 13.6. The largest absolute Gasteiger partial charge is 0.398 e. The van der Waals surface area contributed by atoms with Crippen LogP contribution in [0.15, 0.2) is 48.5 Å². The number of anilines is 1. The SMILES string of the molecule is CCCCN(CCCC)C(CC)N1C(=O)c2ccccc2C1c1ccccc1N. The predicted molar refractivity (Wildman–Crippen MR) is 121 cm³/mol. The zero-order chi connectivity index (χ0) is 20.8. The van der Waals surface area contributed by atoms with Gasteiger partial charge in [-0.1, -0.05) is 70.0 Å². The Labute approximate surface area is 175 Å². The molecule has 29 heavy (non-hydrogen) atoms. The summed E-state index contributed by atoms with van der Waals surface area (Å²) in [4.78, 5) is 18.2. The Balaban J connectivity index is 2.06. The molecule has 0 spiro atoms. The van der Waals surface area contributed by atoms with Crippen molar-refractivity contribution in [1.29, 1.82) is 0 Å². The van der Waals surface area contributed by atoms with E-state index in [1.165, 1.54) is 0 Å². The number of nitrogens with zero attached hydrogens (tertiary/aromatic N) is 2. The summed E-state index contributed by atoms with van der Waals surface area (Å²) in [5.41, 5.74) is 10.0. The van der Waals surface area contributed by atoms with Crippen LogP contribution in [0.4, 0.5) is 5.69 Å². The molecule has 156 valence electrons. The highest BCUT2D eigenvalue weighted by Gasteiger charge is 2.43. The third kappa shape index (κ3) is 4.32. The van der Waals surface area contributed by atoms with E-state index in [1.54, 1.807) is 0 Å². The van der Waals surface area contributed by atoms with Crippen LogP contribution in [-0.4, -0.2) is 35.0 Å². The first-order chi connectivity index (χ1) is 14.1. The van der Waals surface area contributed by atoms with Gasteiger partial charge in [0.05, 0.1) is 12.2 Å². The van der Waals surface area contributed by atoms with Crippen molar-refractivity contribution in [3.8, 4) is 0 Å². The average Bonchev–Trinajstić information content (AvgIpc) is 3.03. The molecular formula is C25H35N3O. The number of carbonyl (C=O) groups is 1. The Kier molecular flexibility index (Phi) is 7.32. The molecule has 0 bridgehead atoms. The number of amides is 1. The van der Waals surface area contributed by atoms with E-state index in [1.807, 2.05) is 36.4 Å². The van der Waals surface area contributed by atoms with E-state index in [0.29, 0.717) is 0 Å². The summed E-state index contributed by atoms with van der Waals surface area (Å²) in [5, 5.41) is 0. The van der Waals surface area contributed by atoms with Crippen molar-refractivity contribution in [2.24, 2.45) is 0 Å². The van der Waals surface area contributed by atoms with Crippen LogP contribution in [0.5, 0.6) is 0 Å². The fraction of sp³-hybridized carbons (Fsp3) is 0.480. The topological polar surface area (TPSA) is 49.6 Å². The standard InChI is InChI=1S/C25H35N3O/c1-4-7-17-27(18-8-5-2)23(6-3)28-24(21-15-11-12-16-22(21)26)19-13-9-10-14-20(19)25(28)29/h9-16,23-24H,4-8,17-18,26H2,1-3H3. The van der Waals surface area contributed by atoms with Crippen LogP contribution in [-0.2, 0) is 0 Å². The molecule has 4 heteroatoms. The normalized spacial score (nSPS) is 17.0. The first kappa shape index (κ1) is 21.4. The molecule has 1 aliphatic rings. The Morgan fingerprint density at radius 2 is 1.52 bits per heavy atom. The molecule has 1 amide bonds. The van der Waals surface area contributed by atoms with E-state index in [-0.39, 0.29) is 18.1 Å². The Hall–Kier alpha value is -2.33. The van der Waals surface area contributed by atoms with Gasteiger partial charge in [0.25, 0.3) is 5.91 Å². The molecule has 1 heterocycles. The third-order valence-electron chi connectivity index (χ3n) is 5.99. The zero-order valence-corrected chi connectivity index (χ0v) is 18.1. The van der Waals surface area contributed by atoms with Crippen molar-refractivity contribution in [1.82, 2.24) is 9.80 Å². The zero-order valence-electron chi connectivity index (χ0n) is 18.1. The van der Waals surface area contributed by atoms with Crippen molar-refractivity contribution < 1.29 is 4.79 Å². The number of hydrogen-bond donors (Lipinski definition) is 1. The van der Waals surface area contributed by atoms with Gasteiger partial charge in [-0.3, -0.25) is 9.69 Å². The number of para-hydroxylation sites is 1. The van der Waals surface area contributed by atoms with E-state index >= 15 is 0 Å². The summed E-state index contributed by atoms with van der Waals surface area (Å²) in [6.07, 6.45) is 5.57. The number of unbranched alkanes of at least 4 members (excludes halogenated alkanes) is 2. The third-order valence-corrected chi connectivity index (χ3v) is 5.99. The number of fused-ring (bicyclic) bond motifs is 1. The first-order valence-corrected chi connectivity index (χ1v) is 11.1. The molecule has 2 unspecified atom stereocenters. The number of benzene rings is 2. The van der Waals surface area contributed by atoms with Gasteiger partial charge in [-0.05, 0) is 37.0 Å². The van der Waals surface area contributed by atoms with Crippen LogP contribution in [0.1, 0.15) is 80.4 Å². The van der Waals surface area contributed by atoms with Crippen LogP contribution in [0.2, 0.25) is 0 Å². The molecule has 1 aliphatic heterocycles. The number of carbonyl (C=O) groups excluding carboxylic acids is 1. The summed E-state index contributed by atoms with van der Waals surface area (Å²) in [7, 11) is 0. The summed E-state index contributed by atoms with van der Waals surface area (Å²) in [5.74, 6) is 0.124. The van der Waals surface area contributed by atoms with Gasteiger partial charge in [-0.25, -0.2) is 0 Å². The highest BCUT2D eigenvalue weighted by atomic mass is 16.2. The highest BCUT2D eigenvalue weighted by Crippen LogP contribution is 2.42. The average molecular weight is 394 g/mol. The molecule has 0 saturated carbocycles. The predicted octanol–water partition coefficient (Wildman–Crippen LogP) is 5.45. The van der Waals surface area contributed by atoms with Gasteiger partial charge in [0.15, 0.2) is 0 Å². The Bertz CT molecular complexity index is 811. The van der Waals surface area contributed by atoms with E-state index in [2.05, 4.69) is 42.7 Å². The minimum Gasteiger partial charge on any atom is -0.398 e. The molecule has 0 radical (unpaired) electrons. The Morgan fingerprint density at radius 3 is 2.10 bits per heavy atom. The van der Waals surface area contributed by atoms with Gasteiger partial charge in [0, 0.05) is 29.9 Å². The molecule has 2 aromatic rings. The summed E-state index contributed by atoms with van der Waals surface area (Å²) >= 11 is 0. The van der Waals surface area contributed by atoms with Gasteiger partial charge < -0.3 is 10.6 Å². The van der Waals surface area contributed by atoms with Gasteiger partial charge in [-0.2, -0.15) is 0 Å². The molecule has 4 nitrogen and oxygen atoms in total. The van der Waals surface area contributed by atoms with Gasteiger partial charge in [0.2, 0.25) is 0 Å². The molecule has 0 aliphatic carbocycles. The second-order valence-corrected chi connectivity index (χ2v) is 7.96. The van der Waals surface area contributed by atoms with Crippen molar-refractivity contribution >= 4 is 11.6 Å². The fourth-order valence-electron chi connectivity index (χ4n) is 4.48. The molecular weight excluding hydrogens is 358 g/mol. The van der Waals surface area contributed by atoms with E-state index in [4.69, 9.17) is 5.73 Å². The molecule has 3 rings (SSSR count). The lowest BCUT2D eigenvalue weighted by atomic mass is 9.96. The second kappa shape index (κ2) is 9.93. The molecule has 2 aromatic carbocycles. The van der Waals surface area contributed by atoms with Crippen molar-refractivity contribution in [2.45, 2.75) is 65.1 Å². The summed E-state index contributed by atoms with van der Waals surface area (Å²) < 4.78 is 0.